The second-order valence-corrected chi connectivity index (χ2v) is 22.4. The van der Waals surface area contributed by atoms with E-state index in [9.17, 15) is 29.4 Å². The summed E-state index contributed by atoms with van der Waals surface area (Å²) >= 11 is 0. The smallest absolute Gasteiger partial charge is 0.259 e. The van der Waals surface area contributed by atoms with Crippen LogP contribution in [-0.2, 0) is 48.5 Å². The number of ketones is 1. The molecule has 3 amide bonds. The van der Waals surface area contributed by atoms with Crippen LogP contribution in [0.5, 0.6) is 17.2 Å². The molecule has 0 fully saturated rings. The van der Waals surface area contributed by atoms with E-state index in [1.165, 1.54) is 17.9 Å². The van der Waals surface area contributed by atoms with Gasteiger partial charge in [0, 0.05) is 59.1 Å². The molecule has 12 nitrogen and oxygen atoms in total. The molecule has 5 atom stereocenters. The minimum absolute atomic E-state index is 0.0607. The van der Waals surface area contributed by atoms with E-state index in [0.29, 0.717) is 77.3 Å². The van der Waals surface area contributed by atoms with E-state index in [-0.39, 0.29) is 54.4 Å². The molecule has 0 spiro atoms. The molecule has 5 aromatic carbocycles. The minimum Gasteiger partial charge on any atom is -0.493 e. The van der Waals surface area contributed by atoms with Gasteiger partial charge in [0.2, 0.25) is 5.91 Å². The Kier molecular flexibility index (Phi) is 13.9. The number of benzene rings is 5. The summed E-state index contributed by atoms with van der Waals surface area (Å²) < 4.78 is 18.0. The second-order valence-electron chi connectivity index (χ2n) is 19.1. The van der Waals surface area contributed by atoms with Gasteiger partial charge in [0.1, 0.15) is 24.7 Å². The minimum atomic E-state index is -0.830. The highest BCUT2D eigenvalue weighted by Gasteiger charge is 2.43. The number of hydrogen-bond donors (Lipinski definition) is 3. The molecule has 0 saturated carbocycles. The largest absolute Gasteiger partial charge is 0.493 e. The maximum atomic E-state index is 14.2. The average molecular weight is 970 g/mol. The van der Waals surface area contributed by atoms with Crippen LogP contribution in [0.1, 0.15) is 107 Å². The van der Waals surface area contributed by atoms with Crippen molar-refractivity contribution in [1.29, 1.82) is 0 Å². The first-order chi connectivity index (χ1) is 33.1. The lowest BCUT2D eigenvalue weighted by atomic mass is 9.96. The molecule has 4 heterocycles. The summed E-state index contributed by atoms with van der Waals surface area (Å²) in [4.78, 5) is 57.7. The van der Waals surface area contributed by atoms with Gasteiger partial charge in [0.15, 0.2) is 11.5 Å². The van der Waals surface area contributed by atoms with Crippen LogP contribution in [-0.4, -0.2) is 75.1 Å². The molecule has 9 rings (SSSR count). The van der Waals surface area contributed by atoms with Gasteiger partial charge in [-0.2, -0.15) is 0 Å². The molecule has 4 aliphatic rings. The van der Waals surface area contributed by atoms with Crippen molar-refractivity contribution in [2.45, 2.75) is 127 Å². The number of ether oxygens (including phenoxy) is 3. The fourth-order valence-electron chi connectivity index (χ4n) is 9.88. The standard InChI is InChI=1S/C55H59N3O9S2/c1-7-40(59)17-16-32(3)68-69-55(4,5)54(64)56-39-20-33(29-66-49-26-37-24-47(60)45-22-35-12-8-10-14-43(35)57(45)52(62)41(37)18-31(49)2)19-34(21-39)30-67-51-27-38-25-48(61)46-23-36-13-9-11-15-44(36)58(46)53(63)42(38)28-50(51)65-6/h8-15,18-21,26-28,32,45-48,60-61H,7,16-17,22-25,29-30H2,1-6H3,(H,56,64)/t32?,45-,46-,47?,48?/m0/s1. The summed E-state index contributed by atoms with van der Waals surface area (Å²) in [6.07, 6.45) is 1.90. The Balaban J connectivity index is 0.968. The third kappa shape index (κ3) is 9.86. The van der Waals surface area contributed by atoms with E-state index in [1.54, 1.807) is 32.7 Å². The Morgan fingerprint density at radius 2 is 1.28 bits per heavy atom. The predicted octanol–water partition coefficient (Wildman–Crippen LogP) is 9.38. The highest BCUT2D eigenvalue weighted by Crippen LogP contribution is 2.43. The lowest BCUT2D eigenvalue weighted by molar-refractivity contribution is -0.119. The highest BCUT2D eigenvalue weighted by molar-refractivity contribution is 8.77. The topological polar surface area (TPSA) is 155 Å². The number of aryl methyl sites for hydroxylation is 1. The Morgan fingerprint density at radius 1 is 0.739 bits per heavy atom. The number of fused-ring (bicyclic) bond motifs is 8. The van der Waals surface area contributed by atoms with Crippen LogP contribution in [0.3, 0.4) is 0 Å². The van der Waals surface area contributed by atoms with Crippen LogP contribution < -0.4 is 29.3 Å². The summed E-state index contributed by atoms with van der Waals surface area (Å²) in [7, 11) is 4.59. The van der Waals surface area contributed by atoms with Crippen LogP contribution in [0.2, 0.25) is 0 Å². The number of rotatable bonds is 16. The molecule has 0 aliphatic carbocycles. The molecular weight excluding hydrogens is 911 g/mol. The fourth-order valence-corrected chi connectivity index (χ4v) is 12.4. The number of Topliss-reactive ketones (excluding diaryl/α,β-unsaturated/α-hetero) is 1. The molecule has 0 bridgehead atoms. The maximum Gasteiger partial charge on any atom is 0.259 e. The first kappa shape index (κ1) is 48.2. The van der Waals surface area contributed by atoms with Crippen molar-refractivity contribution in [3.63, 3.8) is 0 Å². The number of nitrogens with zero attached hydrogens (tertiary/aromatic N) is 2. The van der Waals surface area contributed by atoms with Gasteiger partial charge in [-0.3, -0.25) is 19.2 Å². The molecule has 5 aromatic rings. The molecular formula is C55H59N3O9S2. The number of aliphatic hydroxyl groups is 2. The van der Waals surface area contributed by atoms with Gasteiger partial charge in [-0.25, -0.2) is 0 Å². The summed E-state index contributed by atoms with van der Waals surface area (Å²) in [6, 6.07) is 27.7. The number of hydrogen-bond acceptors (Lipinski definition) is 11. The molecule has 0 saturated heterocycles. The number of methoxy groups -OCH3 is 1. The van der Waals surface area contributed by atoms with Crippen molar-refractivity contribution in [3.05, 3.63) is 141 Å². The molecule has 14 heteroatoms. The second kappa shape index (κ2) is 19.9. The summed E-state index contributed by atoms with van der Waals surface area (Å²) in [5.74, 6) is 1.03. The molecule has 4 aliphatic heterocycles. The SMILES string of the molecule is CCC(=O)CCC(C)SSC(C)(C)C(=O)Nc1cc(COc2cc3c(cc2C)C(=O)N2c4ccccc4C[C@H]2C(O)C3)cc(COc2cc3c(cc2OC)C(=O)N2c4ccccc4C[C@H]2C(O)C3)c1. The van der Waals surface area contributed by atoms with E-state index in [4.69, 9.17) is 14.2 Å². The van der Waals surface area contributed by atoms with Gasteiger partial charge >= 0.3 is 0 Å². The van der Waals surface area contributed by atoms with E-state index in [2.05, 4.69) is 12.2 Å². The Bertz CT molecular complexity index is 2830. The molecule has 0 radical (unpaired) electrons. The molecule has 360 valence electrons. The zero-order chi connectivity index (χ0) is 48.7. The number of nitrogens with one attached hydrogen (secondary N) is 1. The average Bonchev–Trinajstić information content (AvgIpc) is 3.89. The highest BCUT2D eigenvalue weighted by atomic mass is 33.1. The third-order valence-corrected chi connectivity index (χ3v) is 17.5. The Labute approximate surface area is 411 Å². The van der Waals surface area contributed by atoms with Crippen LogP contribution in [0, 0.1) is 6.92 Å². The summed E-state index contributed by atoms with van der Waals surface area (Å²) in [5.41, 5.74) is 8.84. The van der Waals surface area contributed by atoms with E-state index in [0.717, 1.165) is 45.6 Å². The normalized spacial score (nSPS) is 19.5. The van der Waals surface area contributed by atoms with Gasteiger partial charge in [0.05, 0.1) is 36.1 Å². The zero-order valence-corrected chi connectivity index (χ0v) is 41.5. The van der Waals surface area contributed by atoms with Crippen molar-refractivity contribution in [2.75, 3.05) is 22.2 Å². The number of anilines is 3. The first-order valence-corrected chi connectivity index (χ1v) is 25.9. The van der Waals surface area contributed by atoms with E-state index < -0.39 is 23.0 Å². The third-order valence-electron chi connectivity index (χ3n) is 13.7. The van der Waals surface area contributed by atoms with E-state index >= 15 is 0 Å². The van der Waals surface area contributed by atoms with Crippen molar-refractivity contribution in [1.82, 2.24) is 0 Å². The first-order valence-electron chi connectivity index (χ1n) is 23.7. The fraction of sp³-hybridized carbons (Fsp3) is 0.382. The summed E-state index contributed by atoms with van der Waals surface area (Å²) in [6.45, 7) is 9.77. The monoisotopic (exact) mass is 969 g/mol. The van der Waals surface area contributed by atoms with Crippen LogP contribution in [0.25, 0.3) is 0 Å². The maximum absolute atomic E-state index is 14.2. The number of aliphatic hydroxyl groups excluding tert-OH is 2. The van der Waals surface area contributed by atoms with E-state index in [1.807, 2.05) is 107 Å². The van der Waals surface area contributed by atoms with Gasteiger partial charge in [-0.05, 0) is 134 Å². The van der Waals surface area contributed by atoms with Gasteiger partial charge in [-0.1, -0.05) is 71.8 Å². The molecule has 69 heavy (non-hydrogen) atoms. The van der Waals surface area contributed by atoms with Crippen molar-refractivity contribution in [3.8, 4) is 17.2 Å². The molecule has 3 unspecified atom stereocenters. The number of carbonyl (C=O) groups excluding carboxylic acids is 4. The number of carbonyl (C=O) groups is 4. The quantitative estimate of drug-likeness (QED) is 0.0811. The van der Waals surface area contributed by atoms with Crippen molar-refractivity contribution < 1.29 is 43.6 Å². The van der Waals surface area contributed by atoms with Gasteiger partial charge < -0.3 is 39.5 Å². The lowest BCUT2D eigenvalue weighted by Crippen LogP contribution is -2.43. The molecule has 3 N–H and O–H groups in total. The van der Waals surface area contributed by atoms with Gasteiger partial charge in [-0.15, -0.1) is 0 Å². The zero-order valence-electron chi connectivity index (χ0n) is 39.9. The Morgan fingerprint density at radius 3 is 1.84 bits per heavy atom. The molecule has 0 aromatic heterocycles. The lowest BCUT2D eigenvalue weighted by Gasteiger charge is -2.26. The van der Waals surface area contributed by atoms with Crippen molar-refractivity contribution in [2.24, 2.45) is 0 Å². The Hall–Kier alpha value is -5.80. The predicted molar refractivity (Wildman–Crippen MR) is 272 cm³/mol. The van der Waals surface area contributed by atoms with Crippen LogP contribution in [0.4, 0.5) is 17.1 Å². The number of para-hydroxylation sites is 2. The number of amides is 3. The van der Waals surface area contributed by atoms with Crippen LogP contribution >= 0.6 is 21.6 Å². The van der Waals surface area contributed by atoms with Crippen molar-refractivity contribution >= 4 is 62.2 Å². The van der Waals surface area contributed by atoms with Crippen LogP contribution in [0.15, 0.2) is 91.0 Å². The summed E-state index contributed by atoms with van der Waals surface area (Å²) in [5, 5.41) is 26.3. The van der Waals surface area contributed by atoms with Gasteiger partial charge in [0.25, 0.3) is 11.8 Å².